The summed E-state index contributed by atoms with van der Waals surface area (Å²) in [7, 11) is -3.61. The highest BCUT2D eigenvalue weighted by atomic mass is 79.9. The highest BCUT2D eigenvalue weighted by Gasteiger charge is 2.26. The lowest BCUT2D eigenvalue weighted by atomic mass is 10.1. The summed E-state index contributed by atoms with van der Waals surface area (Å²) in [6.45, 7) is 3.64. The van der Waals surface area contributed by atoms with Crippen LogP contribution in [-0.2, 0) is 10.0 Å². The van der Waals surface area contributed by atoms with Gasteiger partial charge in [0.05, 0.1) is 4.90 Å². The van der Waals surface area contributed by atoms with Gasteiger partial charge >= 0.3 is 0 Å². The molecule has 18 heavy (non-hydrogen) atoms. The van der Waals surface area contributed by atoms with Gasteiger partial charge < -0.3 is 5.73 Å². The number of hydrogen-bond donors (Lipinski definition) is 2. The monoisotopic (exact) mass is 376 g/mol. The Kier molecular flexibility index (Phi) is 6.60. The molecule has 0 radical (unpaired) electrons. The van der Waals surface area contributed by atoms with Crippen molar-refractivity contribution in [1.29, 1.82) is 0 Å². The van der Waals surface area contributed by atoms with Crippen molar-refractivity contribution in [1.82, 2.24) is 4.72 Å². The molecule has 0 saturated heterocycles. The van der Waals surface area contributed by atoms with Gasteiger partial charge in [-0.15, -0.1) is 12.4 Å². The van der Waals surface area contributed by atoms with Crippen LogP contribution in [0.5, 0.6) is 0 Å². The molecule has 0 aliphatic heterocycles. The minimum Gasteiger partial charge on any atom is -0.329 e. The third-order valence-electron chi connectivity index (χ3n) is 2.10. The van der Waals surface area contributed by atoms with Crippen molar-refractivity contribution in [2.24, 2.45) is 5.73 Å². The number of rotatable bonds is 4. The van der Waals surface area contributed by atoms with Crippen molar-refractivity contribution in [2.45, 2.75) is 24.3 Å². The molecular weight excluding hydrogens is 363 g/mol. The first kappa shape index (κ1) is 18.1. The minimum atomic E-state index is -3.61. The van der Waals surface area contributed by atoms with E-state index in [4.69, 9.17) is 17.3 Å². The Bertz CT molecular complexity index is 521. The minimum absolute atomic E-state index is 0. The lowest BCUT2D eigenvalue weighted by molar-refractivity contribution is 0.462. The molecule has 0 saturated carbocycles. The average Bonchev–Trinajstić information content (AvgIpc) is 2.15. The van der Waals surface area contributed by atoms with Gasteiger partial charge in [-0.3, -0.25) is 0 Å². The van der Waals surface area contributed by atoms with Gasteiger partial charge in [-0.1, -0.05) is 11.6 Å². The van der Waals surface area contributed by atoms with Crippen LogP contribution in [0, 0.1) is 0 Å². The highest BCUT2D eigenvalue weighted by Crippen LogP contribution is 2.26. The standard InChI is InChI=1S/C10H14BrClN2O2S.ClH/c1-10(2,6-13)14-17(15,16)9-4-3-7(12)5-8(9)11;/h3-5,14H,6,13H2,1-2H3;1H. The van der Waals surface area contributed by atoms with Crippen LogP contribution >= 0.6 is 39.9 Å². The second-order valence-corrected chi connectivity index (χ2v) is 7.21. The van der Waals surface area contributed by atoms with Crippen molar-refractivity contribution in [2.75, 3.05) is 6.54 Å². The van der Waals surface area contributed by atoms with E-state index in [-0.39, 0.29) is 23.8 Å². The van der Waals surface area contributed by atoms with Gasteiger partial charge in [-0.05, 0) is 48.0 Å². The Balaban J connectivity index is 0.00000289. The molecule has 0 unspecified atom stereocenters. The maximum atomic E-state index is 12.1. The van der Waals surface area contributed by atoms with Gasteiger partial charge in [0, 0.05) is 21.6 Å². The van der Waals surface area contributed by atoms with Crippen molar-refractivity contribution < 1.29 is 8.42 Å². The van der Waals surface area contributed by atoms with E-state index in [0.29, 0.717) is 9.50 Å². The van der Waals surface area contributed by atoms with Crippen molar-refractivity contribution in [3.8, 4) is 0 Å². The molecule has 0 atom stereocenters. The fourth-order valence-electron chi connectivity index (χ4n) is 1.15. The predicted molar refractivity (Wildman–Crippen MR) is 79.9 cm³/mol. The highest BCUT2D eigenvalue weighted by molar-refractivity contribution is 9.10. The summed E-state index contributed by atoms with van der Waals surface area (Å²) in [6.07, 6.45) is 0. The molecule has 8 heteroatoms. The van der Waals surface area contributed by atoms with Crippen molar-refractivity contribution >= 4 is 50.0 Å². The second-order valence-electron chi connectivity index (χ2n) is 4.27. The van der Waals surface area contributed by atoms with Crippen LogP contribution in [0.3, 0.4) is 0 Å². The van der Waals surface area contributed by atoms with Gasteiger partial charge in [-0.25, -0.2) is 13.1 Å². The molecule has 4 nitrogen and oxygen atoms in total. The molecule has 0 aromatic heterocycles. The zero-order valence-corrected chi connectivity index (χ0v) is 13.9. The lowest BCUT2D eigenvalue weighted by Crippen LogP contribution is -2.48. The topological polar surface area (TPSA) is 72.2 Å². The Morgan fingerprint density at radius 3 is 2.44 bits per heavy atom. The Hall–Kier alpha value is 0.150. The molecule has 104 valence electrons. The molecule has 3 N–H and O–H groups in total. The first-order chi connectivity index (χ1) is 7.68. The van der Waals surface area contributed by atoms with E-state index in [1.165, 1.54) is 18.2 Å². The van der Waals surface area contributed by atoms with Gasteiger partial charge in [0.2, 0.25) is 10.0 Å². The number of sulfonamides is 1. The molecule has 0 spiro atoms. The molecule has 1 aromatic carbocycles. The van der Waals surface area contributed by atoms with Gasteiger partial charge in [0.1, 0.15) is 0 Å². The quantitative estimate of drug-likeness (QED) is 0.846. The van der Waals surface area contributed by atoms with E-state index in [1.54, 1.807) is 13.8 Å². The predicted octanol–water partition coefficient (Wildman–Crippen LogP) is 2.54. The summed E-state index contributed by atoms with van der Waals surface area (Å²) in [6, 6.07) is 4.50. The molecule has 0 fully saturated rings. The SMILES string of the molecule is CC(C)(CN)NS(=O)(=O)c1ccc(Cl)cc1Br.Cl. The Morgan fingerprint density at radius 1 is 1.44 bits per heavy atom. The molecule has 1 aromatic rings. The first-order valence-corrected chi connectivity index (χ1v) is 7.52. The second kappa shape index (κ2) is 6.54. The third-order valence-corrected chi connectivity index (χ3v) is 5.01. The van der Waals surface area contributed by atoms with E-state index < -0.39 is 15.6 Å². The number of nitrogens with two attached hydrogens (primary N) is 1. The molecule has 1 rings (SSSR count). The maximum Gasteiger partial charge on any atom is 0.242 e. The third kappa shape index (κ3) is 4.68. The van der Waals surface area contributed by atoms with Gasteiger partial charge in [-0.2, -0.15) is 0 Å². The number of halogens is 3. The molecule has 0 amide bonds. The summed E-state index contributed by atoms with van der Waals surface area (Å²) >= 11 is 8.94. The average molecular weight is 378 g/mol. The Morgan fingerprint density at radius 2 is 2.00 bits per heavy atom. The molecular formula is C10H15BrCl2N2O2S. The van der Waals surface area contributed by atoms with Crippen LogP contribution in [-0.4, -0.2) is 20.5 Å². The van der Waals surface area contributed by atoms with Crippen LogP contribution in [0.4, 0.5) is 0 Å². The van der Waals surface area contributed by atoms with Crippen LogP contribution < -0.4 is 10.5 Å². The number of nitrogens with one attached hydrogen (secondary N) is 1. The van der Waals surface area contributed by atoms with Crippen molar-refractivity contribution in [3.05, 3.63) is 27.7 Å². The lowest BCUT2D eigenvalue weighted by Gasteiger charge is -2.24. The summed E-state index contributed by atoms with van der Waals surface area (Å²) in [5, 5.41) is 0.467. The van der Waals surface area contributed by atoms with Gasteiger partial charge in [0.25, 0.3) is 0 Å². The fourth-order valence-corrected chi connectivity index (χ4v) is 3.96. The summed E-state index contributed by atoms with van der Waals surface area (Å²) < 4.78 is 27.2. The zero-order chi connectivity index (χ0) is 13.3. The van der Waals surface area contributed by atoms with E-state index in [0.717, 1.165) is 0 Å². The summed E-state index contributed by atoms with van der Waals surface area (Å²) in [5.74, 6) is 0. The van der Waals surface area contributed by atoms with Crippen LogP contribution in [0.2, 0.25) is 5.02 Å². The largest absolute Gasteiger partial charge is 0.329 e. The van der Waals surface area contributed by atoms with Crippen molar-refractivity contribution in [3.63, 3.8) is 0 Å². The molecule has 0 heterocycles. The van der Waals surface area contributed by atoms with Crippen LogP contribution in [0.25, 0.3) is 0 Å². The molecule has 0 aliphatic carbocycles. The van der Waals surface area contributed by atoms with E-state index in [2.05, 4.69) is 20.7 Å². The van der Waals surface area contributed by atoms with Crippen LogP contribution in [0.15, 0.2) is 27.6 Å². The Labute approximate surface area is 127 Å². The summed E-state index contributed by atoms with van der Waals surface area (Å²) in [5.41, 5.74) is 4.80. The summed E-state index contributed by atoms with van der Waals surface area (Å²) in [4.78, 5) is 0.142. The fraction of sp³-hybridized carbons (Fsp3) is 0.400. The van der Waals surface area contributed by atoms with Gasteiger partial charge in [0.15, 0.2) is 0 Å². The van der Waals surface area contributed by atoms with Crippen LogP contribution in [0.1, 0.15) is 13.8 Å². The smallest absolute Gasteiger partial charge is 0.242 e. The molecule has 0 aliphatic rings. The molecule has 0 bridgehead atoms. The maximum absolute atomic E-state index is 12.1. The first-order valence-electron chi connectivity index (χ1n) is 4.87. The normalized spacial score (nSPS) is 12.1. The van der Waals surface area contributed by atoms with E-state index >= 15 is 0 Å². The van der Waals surface area contributed by atoms with E-state index in [1.807, 2.05) is 0 Å². The number of hydrogen-bond acceptors (Lipinski definition) is 3. The zero-order valence-electron chi connectivity index (χ0n) is 9.91. The van der Waals surface area contributed by atoms with E-state index in [9.17, 15) is 8.42 Å². The number of benzene rings is 1.